The Kier molecular flexibility index (Phi) is 4.11. The first kappa shape index (κ1) is 13.5. The number of rotatable bonds is 4. The fourth-order valence-corrected chi connectivity index (χ4v) is 2.11. The first-order valence-corrected chi connectivity index (χ1v) is 6.48. The number of benzene rings is 1. The Labute approximate surface area is 119 Å². The van der Waals surface area contributed by atoms with E-state index in [0.717, 1.165) is 10.0 Å². The van der Waals surface area contributed by atoms with Gasteiger partial charge in [-0.25, -0.2) is 4.98 Å². The molecule has 0 saturated heterocycles. The SMILES string of the molecule is CC(Nc1cc([N+](=O)[O-])ccn1)c1cccc(Br)c1. The van der Waals surface area contributed by atoms with Crippen LogP contribution in [0, 0.1) is 10.1 Å². The number of pyridine rings is 1. The monoisotopic (exact) mass is 321 g/mol. The third kappa shape index (κ3) is 3.51. The number of nitrogens with one attached hydrogen (secondary N) is 1. The largest absolute Gasteiger partial charge is 0.363 e. The van der Waals surface area contributed by atoms with E-state index in [-0.39, 0.29) is 11.7 Å². The van der Waals surface area contributed by atoms with Gasteiger partial charge in [-0.05, 0) is 24.6 Å². The molecule has 0 saturated carbocycles. The predicted octanol–water partition coefficient (Wildman–Crippen LogP) is 3.93. The van der Waals surface area contributed by atoms with Crippen LogP contribution < -0.4 is 5.32 Å². The topological polar surface area (TPSA) is 68.1 Å². The summed E-state index contributed by atoms with van der Waals surface area (Å²) in [6, 6.07) is 10.7. The molecule has 0 bridgehead atoms. The molecule has 1 N–H and O–H groups in total. The minimum absolute atomic E-state index is 0.00649. The van der Waals surface area contributed by atoms with Crippen molar-refractivity contribution in [1.82, 2.24) is 4.98 Å². The molecule has 0 radical (unpaired) electrons. The van der Waals surface area contributed by atoms with E-state index in [1.807, 2.05) is 31.2 Å². The highest BCUT2D eigenvalue weighted by Crippen LogP contribution is 2.22. The molecule has 1 aromatic carbocycles. The molecule has 0 fully saturated rings. The number of anilines is 1. The van der Waals surface area contributed by atoms with Crippen LogP contribution in [0.3, 0.4) is 0 Å². The van der Waals surface area contributed by atoms with E-state index in [2.05, 4.69) is 26.2 Å². The maximum atomic E-state index is 10.7. The summed E-state index contributed by atoms with van der Waals surface area (Å²) in [7, 11) is 0. The van der Waals surface area contributed by atoms with Crippen LogP contribution in [0.15, 0.2) is 47.1 Å². The summed E-state index contributed by atoms with van der Waals surface area (Å²) in [5.41, 5.74) is 1.10. The fraction of sp³-hybridized carbons (Fsp3) is 0.154. The smallest absolute Gasteiger partial charge is 0.274 e. The maximum absolute atomic E-state index is 10.7. The van der Waals surface area contributed by atoms with E-state index < -0.39 is 4.92 Å². The van der Waals surface area contributed by atoms with Crippen LogP contribution in [-0.2, 0) is 0 Å². The minimum atomic E-state index is -0.434. The van der Waals surface area contributed by atoms with Crippen molar-refractivity contribution >= 4 is 27.4 Å². The summed E-state index contributed by atoms with van der Waals surface area (Å²) < 4.78 is 0.991. The second kappa shape index (κ2) is 5.79. The Hall–Kier alpha value is -1.95. The van der Waals surface area contributed by atoms with Gasteiger partial charge in [0.25, 0.3) is 5.69 Å². The van der Waals surface area contributed by atoms with Crippen LogP contribution >= 0.6 is 15.9 Å². The van der Waals surface area contributed by atoms with Crippen LogP contribution in [-0.4, -0.2) is 9.91 Å². The molecular weight excluding hydrogens is 310 g/mol. The highest BCUT2D eigenvalue weighted by Gasteiger charge is 2.10. The highest BCUT2D eigenvalue weighted by atomic mass is 79.9. The lowest BCUT2D eigenvalue weighted by Gasteiger charge is -2.15. The molecule has 6 heteroatoms. The second-order valence-electron chi connectivity index (χ2n) is 4.08. The average molecular weight is 322 g/mol. The number of hydrogen-bond donors (Lipinski definition) is 1. The summed E-state index contributed by atoms with van der Waals surface area (Å²) in [6.45, 7) is 1.97. The molecular formula is C13H12BrN3O2. The summed E-state index contributed by atoms with van der Waals surface area (Å²) in [4.78, 5) is 14.3. The highest BCUT2D eigenvalue weighted by molar-refractivity contribution is 9.10. The van der Waals surface area contributed by atoms with Crippen molar-refractivity contribution in [3.63, 3.8) is 0 Å². The van der Waals surface area contributed by atoms with E-state index in [9.17, 15) is 10.1 Å². The van der Waals surface area contributed by atoms with Crippen LogP contribution in [0.25, 0.3) is 0 Å². The lowest BCUT2D eigenvalue weighted by molar-refractivity contribution is -0.384. The Bertz CT molecular complexity index is 604. The molecule has 0 aliphatic carbocycles. The summed E-state index contributed by atoms with van der Waals surface area (Å²) >= 11 is 3.41. The van der Waals surface area contributed by atoms with Gasteiger partial charge in [0.1, 0.15) is 5.82 Å². The van der Waals surface area contributed by atoms with E-state index in [0.29, 0.717) is 5.82 Å². The van der Waals surface area contributed by atoms with Crippen molar-refractivity contribution in [3.05, 3.63) is 62.7 Å². The van der Waals surface area contributed by atoms with Crippen LogP contribution in [0.4, 0.5) is 11.5 Å². The van der Waals surface area contributed by atoms with Gasteiger partial charge >= 0.3 is 0 Å². The van der Waals surface area contributed by atoms with Crippen molar-refractivity contribution in [2.75, 3.05) is 5.32 Å². The van der Waals surface area contributed by atoms with Crippen molar-refractivity contribution in [3.8, 4) is 0 Å². The Balaban J connectivity index is 2.17. The Morgan fingerprint density at radius 2 is 2.16 bits per heavy atom. The van der Waals surface area contributed by atoms with Crippen molar-refractivity contribution < 1.29 is 4.92 Å². The van der Waals surface area contributed by atoms with Gasteiger partial charge in [-0.1, -0.05) is 28.1 Å². The van der Waals surface area contributed by atoms with E-state index in [1.165, 1.54) is 18.3 Å². The molecule has 19 heavy (non-hydrogen) atoms. The van der Waals surface area contributed by atoms with E-state index in [4.69, 9.17) is 0 Å². The summed E-state index contributed by atoms with van der Waals surface area (Å²) in [5.74, 6) is 0.488. The molecule has 2 aromatic rings. The summed E-state index contributed by atoms with van der Waals surface area (Å²) in [6.07, 6.45) is 1.42. The van der Waals surface area contributed by atoms with Gasteiger partial charge in [0.05, 0.1) is 11.0 Å². The lowest BCUT2D eigenvalue weighted by atomic mass is 10.1. The first-order valence-electron chi connectivity index (χ1n) is 5.68. The van der Waals surface area contributed by atoms with Gasteiger partial charge in [0.15, 0.2) is 0 Å². The second-order valence-corrected chi connectivity index (χ2v) is 4.99. The fourth-order valence-electron chi connectivity index (χ4n) is 1.69. The van der Waals surface area contributed by atoms with Gasteiger partial charge in [0, 0.05) is 22.8 Å². The zero-order valence-electron chi connectivity index (χ0n) is 10.2. The number of aromatic nitrogens is 1. The zero-order chi connectivity index (χ0) is 13.8. The molecule has 0 aliphatic heterocycles. The van der Waals surface area contributed by atoms with Crippen molar-refractivity contribution in [2.45, 2.75) is 13.0 Å². The van der Waals surface area contributed by atoms with Gasteiger partial charge in [-0.3, -0.25) is 10.1 Å². The Morgan fingerprint density at radius 1 is 1.37 bits per heavy atom. The number of hydrogen-bond acceptors (Lipinski definition) is 4. The van der Waals surface area contributed by atoms with Crippen LogP contribution in [0.5, 0.6) is 0 Å². The normalized spacial score (nSPS) is 11.9. The Morgan fingerprint density at radius 3 is 2.84 bits per heavy atom. The number of halogens is 1. The molecule has 2 rings (SSSR count). The van der Waals surface area contributed by atoms with Gasteiger partial charge in [-0.15, -0.1) is 0 Å². The average Bonchev–Trinajstić information content (AvgIpc) is 2.39. The molecule has 1 heterocycles. The van der Waals surface area contributed by atoms with Crippen molar-refractivity contribution in [2.24, 2.45) is 0 Å². The van der Waals surface area contributed by atoms with E-state index >= 15 is 0 Å². The molecule has 0 spiro atoms. The van der Waals surface area contributed by atoms with Crippen LogP contribution in [0.2, 0.25) is 0 Å². The van der Waals surface area contributed by atoms with Gasteiger partial charge in [-0.2, -0.15) is 0 Å². The lowest BCUT2D eigenvalue weighted by Crippen LogP contribution is -2.08. The third-order valence-electron chi connectivity index (χ3n) is 2.67. The first-order chi connectivity index (χ1) is 9.06. The molecule has 1 aromatic heterocycles. The van der Waals surface area contributed by atoms with Gasteiger partial charge < -0.3 is 5.32 Å². The molecule has 0 aliphatic rings. The molecule has 0 amide bonds. The van der Waals surface area contributed by atoms with E-state index in [1.54, 1.807) is 0 Å². The standard InChI is InChI=1S/C13H12BrN3O2/c1-9(10-3-2-4-11(14)7-10)16-13-8-12(17(18)19)5-6-15-13/h2-9H,1H3,(H,15,16). The zero-order valence-corrected chi connectivity index (χ0v) is 11.8. The van der Waals surface area contributed by atoms with Crippen LogP contribution in [0.1, 0.15) is 18.5 Å². The number of nitrogens with zero attached hydrogens (tertiary/aromatic N) is 2. The molecule has 5 nitrogen and oxygen atoms in total. The number of nitro groups is 1. The quantitative estimate of drug-likeness (QED) is 0.684. The molecule has 98 valence electrons. The predicted molar refractivity (Wildman–Crippen MR) is 77.1 cm³/mol. The molecule has 1 atom stereocenters. The van der Waals surface area contributed by atoms with Gasteiger partial charge in [0.2, 0.25) is 0 Å². The van der Waals surface area contributed by atoms with Crippen molar-refractivity contribution in [1.29, 1.82) is 0 Å². The third-order valence-corrected chi connectivity index (χ3v) is 3.16. The minimum Gasteiger partial charge on any atom is -0.363 e. The molecule has 1 unspecified atom stereocenters. The maximum Gasteiger partial charge on any atom is 0.274 e. The summed E-state index contributed by atoms with van der Waals surface area (Å²) in [5, 5.41) is 13.8.